The van der Waals surface area contributed by atoms with Crippen LogP contribution >= 0.6 is 0 Å². The van der Waals surface area contributed by atoms with Gasteiger partial charge in [-0.3, -0.25) is 4.98 Å². The lowest BCUT2D eigenvalue weighted by Gasteiger charge is -2.31. The van der Waals surface area contributed by atoms with Crippen LogP contribution in [0.25, 0.3) is 11.3 Å². The molecular formula is C33H47N5O4. The molecule has 2 fully saturated rings. The number of rotatable bonds is 13. The Morgan fingerprint density at radius 2 is 1.98 bits per heavy atom. The van der Waals surface area contributed by atoms with E-state index < -0.39 is 11.5 Å². The quantitative estimate of drug-likeness (QED) is 0.308. The number of hydrogen-bond acceptors (Lipinski definition) is 9. The van der Waals surface area contributed by atoms with Gasteiger partial charge in [-0.25, -0.2) is 9.78 Å². The van der Waals surface area contributed by atoms with Crippen LogP contribution in [0.1, 0.15) is 70.6 Å². The average Bonchev–Trinajstić information content (AvgIpc) is 3.01. The number of anilines is 1. The molecule has 4 rings (SSSR count). The second-order valence-corrected chi connectivity index (χ2v) is 12.0. The van der Waals surface area contributed by atoms with Gasteiger partial charge >= 0.3 is 5.97 Å². The van der Waals surface area contributed by atoms with Crippen LogP contribution in [0.4, 0.5) is 5.82 Å². The largest absolute Gasteiger partial charge is 0.464 e. The molecule has 9 nitrogen and oxygen atoms in total. The number of aryl methyl sites for hydroxylation is 1. The van der Waals surface area contributed by atoms with E-state index in [0.717, 1.165) is 73.3 Å². The summed E-state index contributed by atoms with van der Waals surface area (Å²) in [7, 11) is 0. The molecule has 0 spiro atoms. The minimum atomic E-state index is -0.543. The molecule has 228 valence electrons. The Labute approximate surface area is 250 Å². The van der Waals surface area contributed by atoms with Crippen LogP contribution in [-0.4, -0.2) is 67.1 Å². The van der Waals surface area contributed by atoms with Gasteiger partial charge in [-0.05, 0) is 102 Å². The molecule has 0 unspecified atom stereocenters. The average molecular weight is 578 g/mol. The summed E-state index contributed by atoms with van der Waals surface area (Å²) in [5.41, 5.74) is 3.82. The van der Waals surface area contributed by atoms with Crippen LogP contribution in [0.15, 0.2) is 30.5 Å². The van der Waals surface area contributed by atoms with E-state index in [0.29, 0.717) is 44.9 Å². The van der Waals surface area contributed by atoms with Gasteiger partial charge in [0.25, 0.3) is 0 Å². The van der Waals surface area contributed by atoms with Crippen molar-refractivity contribution in [3.8, 4) is 17.3 Å². The Balaban J connectivity index is 1.28. The van der Waals surface area contributed by atoms with Gasteiger partial charge < -0.3 is 24.8 Å². The Morgan fingerprint density at radius 3 is 2.69 bits per heavy atom. The van der Waals surface area contributed by atoms with Crippen LogP contribution in [-0.2, 0) is 25.4 Å². The molecule has 1 saturated heterocycles. The summed E-state index contributed by atoms with van der Waals surface area (Å²) in [6.45, 7) is 10.4. The summed E-state index contributed by atoms with van der Waals surface area (Å²) in [6, 6.07) is 11.4. The zero-order chi connectivity index (χ0) is 30.0. The smallest absolute Gasteiger partial charge is 0.334 e. The molecule has 3 heterocycles. The van der Waals surface area contributed by atoms with E-state index >= 15 is 0 Å². The summed E-state index contributed by atoms with van der Waals surface area (Å²) in [4.78, 5) is 21.4. The normalized spacial score (nSPS) is 21.6. The minimum absolute atomic E-state index is 0.171. The summed E-state index contributed by atoms with van der Waals surface area (Å²) in [5, 5.41) is 16.9. The topological polar surface area (TPSA) is 118 Å². The number of ether oxygens (including phenoxy) is 3. The lowest BCUT2D eigenvalue weighted by molar-refractivity contribution is -0.155. The van der Waals surface area contributed by atoms with E-state index in [2.05, 4.69) is 36.6 Å². The number of carbonyl (C=O) groups is 1. The highest BCUT2D eigenvalue weighted by Crippen LogP contribution is 2.31. The van der Waals surface area contributed by atoms with E-state index in [-0.39, 0.29) is 12.0 Å². The van der Waals surface area contributed by atoms with E-state index in [1.54, 1.807) is 13.8 Å². The van der Waals surface area contributed by atoms with E-state index in [1.807, 2.05) is 24.4 Å². The predicted octanol–water partition coefficient (Wildman–Crippen LogP) is 5.23. The number of pyridine rings is 2. The van der Waals surface area contributed by atoms with Crippen molar-refractivity contribution in [2.75, 3.05) is 38.3 Å². The number of esters is 1. The molecule has 0 bridgehead atoms. The van der Waals surface area contributed by atoms with Gasteiger partial charge in [0.05, 0.1) is 30.4 Å². The number of hydrogen-bond donors (Lipinski definition) is 2. The zero-order valence-corrected chi connectivity index (χ0v) is 25.7. The minimum Gasteiger partial charge on any atom is -0.464 e. The van der Waals surface area contributed by atoms with Crippen molar-refractivity contribution < 1.29 is 19.0 Å². The van der Waals surface area contributed by atoms with Crippen LogP contribution in [0.2, 0.25) is 0 Å². The highest BCUT2D eigenvalue weighted by molar-refractivity contribution is 5.74. The third kappa shape index (κ3) is 8.97. The maximum Gasteiger partial charge on any atom is 0.334 e. The van der Waals surface area contributed by atoms with Gasteiger partial charge in [0.15, 0.2) is 6.10 Å². The van der Waals surface area contributed by atoms with Crippen LogP contribution < -0.4 is 10.6 Å². The highest BCUT2D eigenvalue weighted by atomic mass is 16.6. The Kier molecular flexibility index (Phi) is 11.7. The van der Waals surface area contributed by atoms with Crippen LogP contribution in [0.3, 0.4) is 0 Å². The maximum absolute atomic E-state index is 11.8. The first-order valence-corrected chi connectivity index (χ1v) is 15.5. The number of carbonyl (C=O) groups excluding carboxylic acids is 1. The van der Waals surface area contributed by atoms with Crippen molar-refractivity contribution in [3.63, 3.8) is 0 Å². The fourth-order valence-corrected chi connectivity index (χ4v) is 5.88. The zero-order valence-electron chi connectivity index (χ0n) is 25.7. The number of nitrogens with one attached hydrogen (secondary N) is 2. The molecule has 2 aliphatic rings. The number of aromatic nitrogens is 2. The third-order valence-electron chi connectivity index (χ3n) is 8.56. The molecule has 2 N–H and O–H groups in total. The maximum atomic E-state index is 11.8. The summed E-state index contributed by atoms with van der Waals surface area (Å²) in [5.74, 6) is 1.08. The molecule has 2 aromatic rings. The van der Waals surface area contributed by atoms with Gasteiger partial charge in [0, 0.05) is 49.3 Å². The fourth-order valence-electron chi connectivity index (χ4n) is 5.88. The molecule has 0 amide bonds. The monoisotopic (exact) mass is 577 g/mol. The molecule has 9 heteroatoms. The van der Waals surface area contributed by atoms with Crippen molar-refractivity contribution in [1.29, 1.82) is 5.26 Å². The lowest BCUT2D eigenvalue weighted by atomic mass is 9.82. The highest BCUT2D eigenvalue weighted by Gasteiger charge is 2.32. The molecule has 42 heavy (non-hydrogen) atoms. The first-order valence-electron chi connectivity index (χ1n) is 15.5. The van der Waals surface area contributed by atoms with Gasteiger partial charge in [0.1, 0.15) is 5.82 Å². The summed E-state index contributed by atoms with van der Waals surface area (Å²) >= 11 is 0. The Hall–Kier alpha value is -3.06. The fraction of sp³-hybridized carbons (Fsp3) is 0.636. The van der Waals surface area contributed by atoms with E-state index in [9.17, 15) is 10.1 Å². The molecule has 1 aliphatic carbocycles. The molecule has 2 atom stereocenters. The SMILES string of the molecule is CCOC(=O)[C@@H](C)OC[C@@H](C)NC1CCC(Cc2cc(-c3cccc(NCC4(C#N)CCOCC4)n3)c(C)cn2)CC1. The van der Waals surface area contributed by atoms with Gasteiger partial charge in [-0.15, -0.1) is 0 Å². The molecule has 0 radical (unpaired) electrons. The van der Waals surface area contributed by atoms with Gasteiger partial charge in [0.2, 0.25) is 0 Å². The molecule has 2 aromatic heterocycles. The summed E-state index contributed by atoms with van der Waals surface area (Å²) in [6.07, 6.45) is 8.40. The van der Waals surface area contributed by atoms with Crippen molar-refractivity contribution in [1.82, 2.24) is 15.3 Å². The summed E-state index contributed by atoms with van der Waals surface area (Å²) < 4.78 is 16.2. The molecule has 1 saturated carbocycles. The van der Waals surface area contributed by atoms with Crippen molar-refractivity contribution >= 4 is 11.8 Å². The first-order chi connectivity index (χ1) is 20.3. The second kappa shape index (κ2) is 15.4. The third-order valence-corrected chi connectivity index (χ3v) is 8.56. The van der Waals surface area contributed by atoms with E-state index in [1.165, 1.54) is 0 Å². The van der Waals surface area contributed by atoms with Crippen molar-refractivity contribution in [2.45, 2.75) is 90.8 Å². The second-order valence-electron chi connectivity index (χ2n) is 12.0. The van der Waals surface area contributed by atoms with Gasteiger partial charge in [-0.2, -0.15) is 5.26 Å². The van der Waals surface area contributed by atoms with Crippen LogP contribution in [0.5, 0.6) is 0 Å². The Bertz CT molecular complexity index is 1200. The van der Waals surface area contributed by atoms with Gasteiger partial charge in [-0.1, -0.05) is 6.07 Å². The van der Waals surface area contributed by atoms with Crippen LogP contribution in [0, 0.1) is 29.6 Å². The molecule has 1 aliphatic heterocycles. The first kappa shape index (κ1) is 31.9. The number of nitrogens with zero attached hydrogens (tertiary/aromatic N) is 3. The molecular weight excluding hydrogens is 530 g/mol. The van der Waals surface area contributed by atoms with E-state index in [4.69, 9.17) is 24.2 Å². The predicted molar refractivity (Wildman–Crippen MR) is 163 cm³/mol. The lowest BCUT2D eigenvalue weighted by Crippen LogP contribution is -2.42. The Morgan fingerprint density at radius 1 is 1.21 bits per heavy atom. The number of nitriles is 1. The standard InChI is InChI=1S/C33H47N5O4/c1-5-41-32(39)25(4)42-20-24(3)37-27-11-9-26(10-12-27)17-28-18-29(23(2)19-35-28)30-7-6-8-31(38-30)36-22-33(21-34)13-15-40-16-14-33/h6-8,18-19,24-27,37H,5,9-17,20,22H2,1-4H3,(H,36,38)/t24-,25-,26?,27?/m1/s1. The van der Waals surface area contributed by atoms with Crippen molar-refractivity contribution in [3.05, 3.63) is 41.7 Å². The van der Waals surface area contributed by atoms with Crippen molar-refractivity contribution in [2.24, 2.45) is 11.3 Å². The molecule has 0 aromatic carbocycles.